The second-order valence-corrected chi connectivity index (χ2v) is 4.65. The van der Waals surface area contributed by atoms with Gasteiger partial charge in [0.2, 0.25) is 0 Å². The molecule has 1 aliphatic heterocycles. The number of nitrogens with one attached hydrogen (secondary N) is 1. The van der Waals surface area contributed by atoms with Crippen molar-refractivity contribution in [2.45, 2.75) is 32.6 Å². The van der Waals surface area contributed by atoms with Crippen molar-refractivity contribution < 1.29 is 9.47 Å². The average Bonchev–Trinajstić information content (AvgIpc) is 2.62. The number of ether oxygens (including phenoxy) is 2. The van der Waals surface area contributed by atoms with Crippen LogP contribution in [0.2, 0.25) is 0 Å². The van der Waals surface area contributed by atoms with E-state index in [4.69, 9.17) is 9.47 Å². The molecule has 0 bridgehead atoms. The van der Waals surface area contributed by atoms with Gasteiger partial charge in [-0.25, -0.2) is 4.98 Å². The largest absolute Gasteiger partial charge is 0.489 e. The normalized spacial score (nSPS) is 14.7. The van der Waals surface area contributed by atoms with Crippen LogP contribution >= 0.6 is 0 Å². The number of fused-ring (bicyclic) bond motifs is 2. The third-order valence-corrected chi connectivity index (χ3v) is 3.17. The number of aromatic nitrogens is 2. The maximum Gasteiger partial charge on any atom is 0.163 e. The van der Waals surface area contributed by atoms with E-state index in [1.165, 1.54) is 6.42 Å². The van der Waals surface area contributed by atoms with E-state index in [0.717, 1.165) is 54.2 Å². The van der Waals surface area contributed by atoms with Crippen LogP contribution in [0.3, 0.4) is 0 Å². The zero-order valence-corrected chi connectivity index (χ0v) is 10.7. The molecule has 0 saturated carbocycles. The Bertz CT molecular complexity index is 505. The number of aromatic amines is 1. The Morgan fingerprint density at radius 1 is 1.22 bits per heavy atom. The first-order valence-electron chi connectivity index (χ1n) is 6.65. The minimum atomic E-state index is 0.714. The fourth-order valence-electron chi connectivity index (χ4n) is 2.18. The zero-order valence-electron chi connectivity index (χ0n) is 10.7. The summed E-state index contributed by atoms with van der Waals surface area (Å²) in [7, 11) is 0. The topological polar surface area (TPSA) is 47.1 Å². The van der Waals surface area contributed by atoms with E-state index in [1.807, 2.05) is 12.1 Å². The average molecular weight is 246 g/mol. The molecule has 0 spiro atoms. The zero-order chi connectivity index (χ0) is 12.4. The van der Waals surface area contributed by atoms with Crippen molar-refractivity contribution in [2.24, 2.45) is 0 Å². The highest BCUT2D eigenvalue weighted by Gasteiger charge is 2.13. The molecule has 0 aliphatic carbocycles. The van der Waals surface area contributed by atoms with Crippen LogP contribution < -0.4 is 9.47 Å². The standard InChI is InChI=1S/C14H18N2O2/c1-2-3-5-14-15-10-8-12-13(9-11(10)16-14)18-7-4-6-17-12/h8-9H,2-7H2,1H3,(H,15,16). The number of benzene rings is 1. The molecular weight excluding hydrogens is 228 g/mol. The highest BCUT2D eigenvalue weighted by Crippen LogP contribution is 2.33. The number of aryl methyl sites for hydroxylation is 1. The number of imidazole rings is 1. The highest BCUT2D eigenvalue weighted by atomic mass is 16.5. The summed E-state index contributed by atoms with van der Waals surface area (Å²) in [6, 6.07) is 3.97. The van der Waals surface area contributed by atoms with Crippen LogP contribution in [0.1, 0.15) is 32.0 Å². The number of rotatable bonds is 3. The van der Waals surface area contributed by atoms with E-state index in [-0.39, 0.29) is 0 Å². The molecule has 4 nitrogen and oxygen atoms in total. The molecule has 2 aromatic rings. The summed E-state index contributed by atoms with van der Waals surface area (Å²) in [5.41, 5.74) is 2.00. The summed E-state index contributed by atoms with van der Waals surface area (Å²) < 4.78 is 11.3. The number of nitrogens with zero attached hydrogens (tertiary/aromatic N) is 1. The van der Waals surface area contributed by atoms with Crippen molar-refractivity contribution >= 4 is 11.0 Å². The van der Waals surface area contributed by atoms with Gasteiger partial charge in [-0.3, -0.25) is 0 Å². The predicted octanol–water partition coefficient (Wildman–Crippen LogP) is 3.07. The maximum atomic E-state index is 5.67. The molecular formula is C14H18N2O2. The van der Waals surface area contributed by atoms with E-state index in [9.17, 15) is 0 Å². The third kappa shape index (κ3) is 2.15. The van der Waals surface area contributed by atoms with Crippen molar-refractivity contribution in [2.75, 3.05) is 13.2 Å². The fourth-order valence-corrected chi connectivity index (χ4v) is 2.18. The van der Waals surface area contributed by atoms with Crippen molar-refractivity contribution in [1.82, 2.24) is 9.97 Å². The summed E-state index contributed by atoms with van der Waals surface area (Å²) in [6.07, 6.45) is 4.27. The minimum absolute atomic E-state index is 0.714. The molecule has 1 aliphatic rings. The minimum Gasteiger partial charge on any atom is -0.489 e. The molecule has 0 atom stereocenters. The Balaban J connectivity index is 1.96. The lowest BCUT2D eigenvalue weighted by Gasteiger charge is -2.05. The molecule has 1 N–H and O–H groups in total. The first-order chi connectivity index (χ1) is 8.86. The molecule has 0 saturated heterocycles. The smallest absolute Gasteiger partial charge is 0.163 e. The molecule has 1 aromatic carbocycles. The van der Waals surface area contributed by atoms with Gasteiger partial charge in [-0.2, -0.15) is 0 Å². The van der Waals surface area contributed by atoms with Gasteiger partial charge in [-0.05, 0) is 6.42 Å². The molecule has 18 heavy (non-hydrogen) atoms. The number of hydrogen-bond acceptors (Lipinski definition) is 3. The monoisotopic (exact) mass is 246 g/mol. The Hall–Kier alpha value is -1.71. The first kappa shape index (κ1) is 11.4. The van der Waals surface area contributed by atoms with Gasteiger partial charge in [-0.15, -0.1) is 0 Å². The van der Waals surface area contributed by atoms with Crippen LogP contribution in [0, 0.1) is 0 Å². The first-order valence-corrected chi connectivity index (χ1v) is 6.65. The molecule has 4 heteroatoms. The second-order valence-electron chi connectivity index (χ2n) is 4.65. The number of unbranched alkanes of at least 4 members (excludes halogenated alkanes) is 1. The van der Waals surface area contributed by atoms with Gasteiger partial charge >= 0.3 is 0 Å². The Morgan fingerprint density at radius 2 is 2.00 bits per heavy atom. The Labute approximate surface area is 106 Å². The lowest BCUT2D eigenvalue weighted by atomic mass is 10.2. The van der Waals surface area contributed by atoms with Crippen molar-refractivity contribution in [3.05, 3.63) is 18.0 Å². The second kappa shape index (κ2) is 4.88. The van der Waals surface area contributed by atoms with Gasteiger partial charge in [0.05, 0.1) is 24.2 Å². The molecule has 3 rings (SSSR count). The van der Waals surface area contributed by atoms with E-state index in [0.29, 0.717) is 6.61 Å². The van der Waals surface area contributed by atoms with Crippen molar-refractivity contribution in [3.63, 3.8) is 0 Å². The molecule has 1 aromatic heterocycles. The molecule has 96 valence electrons. The summed E-state index contributed by atoms with van der Waals surface area (Å²) in [4.78, 5) is 7.95. The van der Waals surface area contributed by atoms with Gasteiger partial charge in [0.15, 0.2) is 11.5 Å². The van der Waals surface area contributed by atoms with Crippen molar-refractivity contribution in [1.29, 1.82) is 0 Å². The van der Waals surface area contributed by atoms with Gasteiger partial charge in [0.1, 0.15) is 5.82 Å². The number of hydrogen-bond donors (Lipinski definition) is 1. The van der Waals surface area contributed by atoms with Crippen LogP contribution in [-0.4, -0.2) is 23.2 Å². The molecule has 0 radical (unpaired) electrons. The molecule has 0 amide bonds. The summed E-state index contributed by atoms with van der Waals surface area (Å²) in [6.45, 7) is 3.62. The highest BCUT2D eigenvalue weighted by molar-refractivity contribution is 5.79. The third-order valence-electron chi connectivity index (χ3n) is 3.17. The van der Waals surface area contributed by atoms with E-state index in [2.05, 4.69) is 16.9 Å². The molecule has 0 unspecified atom stereocenters. The lowest BCUT2D eigenvalue weighted by Crippen LogP contribution is -1.97. The fraction of sp³-hybridized carbons (Fsp3) is 0.500. The maximum absolute atomic E-state index is 5.67. The number of H-pyrrole nitrogens is 1. The van der Waals surface area contributed by atoms with Crippen LogP contribution in [0.15, 0.2) is 12.1 Å². The summed E-state index contributed by atoms with van der Waals surface area (Å²) >= 11 is 0. The van der Waals surface area contributed by atoms with Gasteiger partial charge in [-0.1, -0.05) is 13.3 Å². The quantitative estimate of drug-likeness (QED) is 0.905. The Kier molecular flexibility index (Phi) is 3.09. The van der Waals surface area contributed by atoms with E-state index in [1.54, 1.807) is 0 Å². The van der Waals surface area contributed by atoms with Crippen LogP contribution in [0.5, 0.6) is 11.5 Å². The van der Waals surface area contributed by atoms with E-state index < -0.39 is 0 Å². The van der Waals surface area contributed by atoms with Gasteiger partial charge in [0.25, 0.3) is 0 Å². The molecule has 0 fully saturated rings. The summed E-state index contributed by atoms with van der Waals surface area (Å²) in [5, 5.41) is 0. The van der Waals surface area contributed by atoms with E-state index >= 15 is 0 Å². The van der Waals surface area contributed by atoms with Crippen LogP contribution in [-0.2, 0) is 6.42 Å². The lowest BCUT2D eigenvalue weighted by molar-refractivity contribution is 0.297. The SMILES string of the molecule is CCCCc1nc2cc3c(cc2[nH]1)OCCCO3. The Morgan fingerprint density at radius 3 is 2.78 bits per heavy atom. The van der Waals surface area contributed by atoms with Crippen LogP contribution in [0.25, 0.3) is 11.0 Å². The van der Waals surface area contributed by atoms with Gasteiger partial charge < -0.3 is 14.5 Å². The van der Waals surface area contributed by atoms with Gasteiger partial charge in [0, 0.05) is 25.0 Å². The van der Waals surface area contributed by atoms with Crippen molar-refractivity contribution in [3.8, 4) is 11.5 Å². The predicted molar refractivity (Wildman–Crippen MR) is 70.3 cm³/mol. The van der Waals surface area contributed by atoms with Crippen LogP contribution in [0.4, 0.5) is 0 Å². The summed E-state index contributed by atoms with van der Waals surface area (Å²) in [5.74, 6) is 2.69. The molecule has 2 heterocycles.